The second-order valence-corrected chi connectivity index (χ2v) is 11.0. The lowest BCUT2D eigenvalue weighted by Crippen LogP contribution is -2.57. The van der Waals surface area contributed by atoms with Gasteiger partial charge < -0.3 is 25.3 Å². The third-order valence-corrected chi connectivity index (χ3v) is 7.35. The number of carbonyl (C=O) groups is 3. The third kappa shape index (κ3) is 8.85. The summed E-state index contributed by atoms with van der Waals surface area (Å²) in [7, 11) is 0. The Morgan fingerprint density at radius 2 is 1.66 bits per heavy atom. The Balaban J connectivity index is 1.65. The number of alkyl halides is 3. The van der Waals surface area contributed by atoms with Crippen molar-refractivity contribution >= 4 is 17.7 Å². The monoisotopic (exact) mass is 613 g/mol. The average molecular weight is 614 g/mol. The number of hydrogen-bond acceptors (Lipinski definition) is 5. The van der Waals surface area contributed by atoms with E-state index < -0.39 is 47.6 Å². The smallest absolute Gasteiger partial charge is 0.416 e. The van der Waals surface area contributed by atoms with Crippen LogP contribution in [0.5, 0.6) is 5.75 Å². The van der Waals surface area contributed by atoms with Crippen LogP contribution in [0.4, 0.5) is 13.2 Å². The molecule has 3 aromatic rings. The molecule has 44 heavy (non-hydrogen) atoms. The quantitative estimate of drug-likeness (QED) is 0.359. The molecule has 236 valence electrons. The zero-order valence-corrected chi connectivity index (χ0v) is 24.7. The predicted octanol–water partition coefficient (Wildman–Crippen LogP) is 3.60. The number of benzene rings is 2. The van der Waals surface area contributed by atoms with Crippen molar-refractivity contribution in [1.29, 1.82) is 0 Å². The van der Waals surface area contributed by atoms with Gasteiger partial charge >= 0.3 is 6.18 Å². The van der Waals surface area contributed by atoms with E-state index in [0.29, 0.717) is 25.1 Å². The maximum Gasteiger partial charge on any atom is 0.416 e. The summed E-state index contributed by atoms with van der Waals surface area (Å²) in [5.74, 6) is -1.41. The van der Waals surface area contributed by atoms with E-state index >= 15 is 0 Å². The first kappa shape index (κ1) is 32.6. The Kier molecular flexibility index (Phi) is 11.0. The Labute approximate surface area is 254 Å². The van der Waals surface area contributed by atoms with Gasteiger partial charge in [0.1, 0.15) is 30.5 Å². The number of para-hydroxylation sites is 1. The van der Waals surface area contributed by atoms with E-state index in [1.165, 1.54) is 12.1 Å². The van der Waals surface area contributed by atoms with Gasteiger partial charge in [0.15, 0.2) is 0 Å². The molecule has 3 amide bonds. The number of hydrogen-bond donors (Lipinski definition) is 4. The molecule has 1 aliphatic heterocycles. The molecule has 0 aliphatic carbocycles. The molecule has 0 saturated heterocycles. The highest BCUT2D eigenvalue weighted by atomic mass is 19.4. The summed E-state index contributed by atoms with van der Waals surface area (Å²) in [5, 5.41) is 11.4. The highest BCUT2D eigenvalue weighted by Gasteiger charge is 2.34. The summed E-state index contributed by atoms with van der Waals surface area (Å²) in [6, 6.07) is 12.3. The third-order valence-electron chi connectivity index (χ3n) is 7.35. The van der Waals surface area contributed by atoms with Gasteiger partial charge in [0.2, 0.25) is 17.7 Å². The summed E-state index contributed by atoms with van der Waals surface area (Å²) in [5.41, 5.74) is 0.109. The van der Waals surface area contributed by atoms with Crippen molar-refractivity contribution < 1.29 is 32.3 Å². The maximum absolute atomic E-state index is 13.7. The van der Waals surface area contributed by atoms with E-state index in [0.717, 1.165) is 17.7 Å². The van der Waals surface area contributed by atoms with Gasteiger partial charge in [-0.25, -0.2) is 0 Å². The zero-order valence-electron chi connectivity index (χ0n) is 24.7. The summed E-state index contributed by atoms with van der Waals surface area (Å²) in [4.78, 5) is 40.5. The second-order valence-electron chi connectivity index (χ2n) is 11.0. The van der Waals surface area contributed by atoms with Crippen LogP contribution in [0, 0.1) is 5.92 Å². The number of nitrogens with one attached hydrogen (secondary N) is 4. The van der Waals surface area contributed by atoms with Crippen LogP contribution in [0.2, 0.25) is 0 Å². The van der Waals surface area contributed by atoms with E-state index in [4.69, 9.17) is 4.74 Å². The molecule has 0 fully saturated rings. The first-order valence-electron chi connectivity index (χ1n) is 14.6. The fraction of sp³-hybridized carbons (Fsp3) is 0.406. The number of nitrogens with zero attached hydrogens (tertiary/aromatic N) is 1. The molecule has 0 radical (unpaired) electrons. The molecular formula is C32H38F3N5O4. The highest BCUT2D eigenvalue weighted by Crippen LogP contribution is 2.31. The number of amides is 3. The molecule has 12 heteroatoms. The normalized spacial score (nSPS) is 21.2. The zero-order chi connectivity index (χ0) is 31.7. The second kappa shape index (κ2) is 14.9. The molecular weight excluding hydrogens is 575 g/mol. The van der Waals surface area contributed by atoms with E-state index in [2.05, 4.69) is 21.3 Å². The Bertz CT molecular complexity index is 1410. The van der Waals surface area contributed by atoms with Crippen LogP contribution in [-0.2, 0) is 33.5 Å². The molecule has 4 rings (SSSR count). The minimum absolute atomic E-state index is 0.0832. The van der Waals surface area contributed by atoms with Gasteiger partial charge in [-0.3, -0.25) is 19.7 Å². The maximum atomic E-state index is 13.7. The van der Waals surface area contributed by atoms with Gasteiger partial charge in [0.05, 0.1) is 12.1 Å². The minimum Gasteiger partial charge on any atom is -0.492 e. The van der Waals surface area contributed by atoms with Gasteiger partial charge in [-0.2, -0.15) is 13.2 Å². The lowest BCUT2D eigenvalue weighted by atomic mass is 9.99. The van der Waals surface area contributed by atoms with Crippen molar-refractivity contribution in [2.45, 2.75) is 57.5 Å². The average Bonchev–Trinajstić information content (AvgIpc) is 3.50. The van der Waals surface area contributed by atoms with Gasteiger partial charge in [-0.1, -0.05) is 44.2 Å². The molecule has 1 aromatic heterocycles. The number of halogens is 3. The van der Waals surface area contributed by atoms with Crippen LogP contribution in [0.3, 0.4) is 0 Å². The van der Waals surface area contributed by atoms with Gasteiger partial charge in [-0.15, -0.1) is 0 Å². The molecule has 0 bridgehead atoms. The fourth-order valence-electron chi connectivity index (χ4n) is 5.02. The van der Waals surface area contributed by atoms with Gasteiger partial charge in [-0.05, 0) is 60.2 Å². The summed E-state index contributed by atoms with van der Waals surface area (Å²) in [6.45, 7) is 4.26. The molecule has 1 aliphatic rings. The van der Waals surface area contributed by atoms with Crippen LogP contribution < -0.4 is 26.0 Å². The predicted molar refractivity (Wildman–Crippen MR) is 159 cm³/mol. The van der Waals surface area contributed by atoms with E-state index in [1.807, 2.05) is 24.3 Å². The largest absolute Gasteiger partial charge is 0.492 e. The van der Waals surface area contributed by atoms with Crippen molar-refractivity contribution in [2.24, 2.45) is 5.92 Å². The topological polar surface area (TPSA) is 113 Å². The van der Waals surface area contributed by atoms with Gasteiger partial charge in [0, 0.05) is 25.5 Å². The first-order valence-corrected chi connectivity index (χ1v) is 14.6. The number of ether oxygens (including phenoxy) is 1. The Morgan fingerprint density at radius 1 is 0.909 bits per heavy atom. The molecule has 0 unspecified atom stereocenters. The van der Waals surface area contributed by atoms with Crippen LogP contribution >= 0.6 is 0 Å². The lowest BCUT2D eigenvalue weighted by Gasteiger charge is -2.28. The van der Waals surface area contributed by atoms with Gasteiger partial charge in [0.25, 0.3) is 0 Å². The Morgan fingerprint density at radius 3 is 2.39 bits per heavy atom. The summed E-state index contributed by atoms with van der Waals surface area (Å²) in [6.07, 6.45) is 0.175. The highest BCUT2D eigenvalue weighted by molar-refractivity contribution is 5.93. The molecule has 2 aromatic carbocycles. The van der Waals surface area contributed by atoms with E-state index in [9.17, 15) is 27.6 Å². The number of rotatable bonds is 4. The van der Waals surface area contributed by atoms with Crippen LogP contribution in [-0.4, -0.2) is 54.1 Å². The van der Waals surface area contributed by atoms with Crippen molar-refractivity contribution in [3.8, 4) is 5.75 Å². The van der Waals surface area contributed by atoms with Crippen molar-refractivity contribution in [2.75, 3.05) is 19.7 Å². The molecule has 2 heterocycles. The van der Waals surface area contributed by atoms with E-state index in [-0.39, 0.29) is 31.2 Å². The molecule has 0 saturated carbocycles. The number of carbonyl (C=O) groups excluding carboxylic acids is 3. The number of fused-ring (bicyclic) bond motifs is 1. The molecule has 4 N–H and O–H groups in total. The number of aromatic nitrogens is 1. The standard InChI is InChI=1S/C32H38F3N5O4/c1-21(2)27-30(42)38-25(20-40-16-5-6-17-40)29(41)37-14-8-11-22-9-3-4-13-26(22)44-18-15-36-28(31(43)39-27)23-10-7-12-24(19-23)32(33,34)35/h3-7,9-10,12-13,16-17,19,21,25,27-28,36H,8,11,14-15,18,20H2,1-2H3,(H,37,41)(H,38,42)(H,39,43)/t25-,27+,28+/m0/s1. The first-order chi connectivity index (χ1) is 21.0. The van der Waals surface area contributed by atoms with Crippen molar-refractivity contribution in [3.63, 3.8) is 0 Å². The van der Waals surface area contributed by atoms with Crippen molar-refractivity contribution in [1.82, 2.24) is 25.8 Å². The van der Waals surface area contributed by atoms with Crippen LogP contribution in [0.15, 0.2) is 73.1 Å². The summed E-state index contributed by atoms with van der Waals surface area (Å²) >= 11 is 0. The fourth-order valence-corrected chi connectivity index (χ4v) is 5.02. The van der Waals surface area contributed by atoms with Crippen LogP contribution in [0.1, 0.15) is 43.0 Å². The Hall–Kier alpha value is -4.32. The lowest BCUT2D eigenvalue weighted by molar-refractivity contribution is -0.138. The number of aryl methyl sites for hydroxylation is 1. The molecule has 9 nitrogen and oxygen atoms in total. The minimum atomic E-state index is -4.61. The molecule has 3 atom stereocenters. The van der Waals surface area contributed by atoms with Crippen molar-refractivity contribution in [3.05, 3.63) is 89.7 Å². The SMILES string of the molecule is CC(C)[C@H]1NC(=O)[C@@H](c2cccc(C(F)(F)F)c2)NCCOc2ccccc2CCCNC(=O)[C@H](Cn2cccc2)NC1=O. The molecule has 0 spiro atoms. The van der Waals surface area contributed by atoms with E-state index in [1.54, 1.807) is 42.9 Å². The van der Waals surface area contributed by atoms with Crippen LogP contribution in [0.25, 0.3) is 0 Å². The summed E-state index contributed by atoms with van der Waals surface area (Å²) < 4.78 is 48.4.